The Morgan fingerprint density at radius 1 is 0.971 bits per heavy atom. The van der Waals surface area contributed by atoms with E-state index in [2.05, 4.69) is 17.0 Å². The van der Waals surface area contributed by atoms with Gasteiger partial charge in [0.05, 0.1) is 11.4 Å². The molecule has 0 fully saturated rings. The van der Waals surface area contributed by atoms with Crippen LogP contribution in [0.25, 0.3) is 22.5 Å². The Bertz CT molecular complexity index is 1130. The standard InChI is InChI=1S/C27H30ClN3O3/c1-18-7-9-19(10-8-18)24-25(20-11-13-21(28)14-12-20)30-27-26(29-24)22(32)15-17-31(27)16-5-3-2-4-6-23(33)34/h7-14,22,32H,2-6,15-17H2,1H3,(H,33,34). The number of halogens is 1. The van der Waals surface area contributed by atoms with Crippen molar-refractivity contribution in [3.05, 3.63) is 64.8 Å². The quantitative estimate of drug-likeness (QED) is 0.363. The topological polar surface area (TPSA) is 86.6 Å². The number of nitrogens with zero attached hydrogens (tertiary/aromatic N) is 3. The fourth-order valence-corrected chi connectivity index (χ4v) is 4.41. The zero-order chi connectivity index (χ0) is 24.1. The summed E-state index contributed by atoms with van der Waals surface area (Å²) in [6, 6.07) is 15.8. The summed E-state index contributed by atoms with van der Waals surface area (Å²) in [7, 11) is 0. The lowest BCUT2D eigenvalue weighted by molar-refractivity contribution is -0.137. The van der Waals surface area contributed by atoms with Crippen molar-refractivity contribution in [2.75, 3.05) is 18.0 Å². The summed E-state index contributed by atoms with van der Waals surface area (Å²) in [5, 5.41) is 20.2. The van der Waals surface area contributed by atoms with Gasteiger partial charge >= 0.3 is 5.97 Å². The number of carbonyl (C=O) groups is 1. The molecule has 4 rings (SSSR count). The Morgan fingerprint density at radius 3 is 2.26 bits per heavy atom. The van der Waals surface area contributed by atoms with Gasteiger partial charge in [-0.1, -0.05) is 66.4 Å². The van der Waals surface area contributed by atoms with Crippen molar-refractivity contribution in [1.82, 2.24) is 9.97 Å². The molecule has 1 aromatic heterocycles. The zero-order valence-electron chi connectivity index (χ0n) is 19.4. The summed E-state index contributed by atoms with van der Waals surface area (Å²) >= 11 is 6.13. The van der Waals surface area contributed by atoms with E-state index >= 15 is 0 Å². The number of aliphatic hydroxyl groups excluding tert-OH is 1. The highest BCUT2D eigenvalue weighted by atomic mass is 35.5. The Kier molecular flexibility index (Phi) is 7.80. The first-order valence-corrected chi connectivity index (χ1v) is 12.2. The highest BCUT2D eigenvalue weighted by Gasteiger charge is 2.29. The van der Waals surface area contributed by atoms with Gasteiger partial charge in [0.25, 0.3) is 0 Å². The van der Waals surface area contributed by atoms with E-state index in [9.17, 15) is 9.90 Å². The SMILES string of the molecule is Cc1ccc(-c2nc3c(nc2-c2ccc(Cl)cc2)N(CCCCCCC(=O)O)CCC3O)cc1. The Labute approximate surface area is 205 Å². The van der Waals surface area contributed by atoms with Gasteiger partial charge in [-0.3, -0.25) is 4.79 Å². The first-order valence-electron chi connectivity index (χ1n) is 11.8. The molecule has 1 aliphatic rings. The molecule has 0 amide bonds. The molecule has 0 saturated heterocycles. The van der Waals surface area contributed by atoms with Crippen molar-refractivity contribution < 1.29 is 15.0 Å². The van der Waals surface area contributed by atoms with E-state index in [0.717, 1.165) is 59.7 Å². The van der Waals surface area contributed by atoms with Crippen LogP contribution < -0.4 is 4.90 Å². The van der Waals surface area contributed by atoms with Crippen molar-refractivity contribution in [3.8, 4) is 22.5 Å². The molecule has 178 valence electrons. The summed E-state index contributed by atoms with van der Waals surface area (Å²) in [6.07, 6.45) is 3.66. The number of fused-ring (bicyclic) bond motifs is 1. The molecule has 0 spiro atoms. The van der Waals surface area contributed by atoms with Crippen LogP contribution in [0.4, 0.5) is 5.82 Å². The normalized spacial score (nSPS) is 15.3. The van der Waals surface area contributed by atoms with Crippen LogP contribution in [-0.2, 0) is 4.79 Å². The molecule has 1 atom stereocenters. The van der Waals surface area contributed by atoms with Crippen LogP contribution in [0, 0.1) is 6.92 Å². The molecule has 7 heteroatoms. The molecule has 0 saturated carbocycles. The number of carboxylic acids is 1. The maximum absolute atomic E-state index is 10.8. The second kappa shape index (κ2) is 11.0. The summed E-state index contributed by atoms with van der Waals surface area (Å²) in [5.74, 6) is -0.0153. The van der Waals surface area contributed by atoms with Gasteiger partial charge in [0, 0.05) is 35.7 Å². The predicted octanol–water partition coefficient (Wildman–Crippen LogP) is 6.05. The van der Waals surface area contributed by atoms with Crippen molar-refractivity contribution in [3.63, 3.8) is 0 Å². The van der Waals surface area contributed by atoms with Crippen LogP contribution in [0.3, 0.4) is 0 Å². The van der Waals surface area contributed by atoms with E-state index < -0.39 is 12.1 Å². The Hall–Kier alpha value is -2.96. The molecule has 1 unspecified atom stereocenters. The van der Waals surface area contributed by atoms with Crippen molar-refractivity contribution in [1.29, 1.82) is 0 Å². The van der Waals surface area contributed by atoms with E-state index in [4.69, 9.17) is 26.7 Å². The summed E-state index contributed by atoms with van der Waals surface area (Å²) in [5.41, 5.74) is 5.16. The first kappa shape index (κ1) is 24.2. The highest BCUT2D eigenvalue weighted by molar-refractivity contribution is 6.30. The number of hydrogen-bond acceptors (Lipinski definition) is 5. The molecular formula is C27H30ClN3O3. The number of unbranched alkanes of at least 4 members (excludes halogenated alkanes) is 3. The first-order chi connectivity index (χ1) is 16.4. The van der Waals surface area contributed by atoms with Gasteiger partial charge in [0.2, 0.25) is 0 Å². The smallest absolute Gasteiger partial charge is 0.303 e. The number of rotatable bonds is 9. The van der Waals surface area contributed by atoms with Crippen molar-refractivity contribution in [2.45, 2.75) is 51.6 Å². The largest absolute Gasteiger partial charge is 0.481 e. The number of aliphatic carboxylic acids is 1. The van der Waals surface area contributed by atoms with E-state index in [-0.39, 0.29) is 6.42 Å². The minimum absolute atomic E-state index is 0.219. The van der Waals surface area contributed by atoms with Gasteiger partial charge in [-0.15, -0.1) is 0 Å². The lowest BCUT2D eigenvalue weighted by Crippen LogP contribution is -2.34. The number of aromatic nitrogens is 2. The maximum atomic E-state index is 10.8. The number of carboxylic acid groups (broad SMARTS) is 1. The molecule has 2 N–H and O–H groups in total. The van der Waals surface area contributed by atoms with E-state index in [1.54, 1.807) is 0 Å². The third-order valence-electron chi connectivity index (χ3n) is 6.20. The maximum Gasteiger partial charge on any atom is 0.303 e. The van der Waals surface area contributed by atoms with Crippen molar-refractivity contribution in [2.24, 2.45) is 0 Å². The van der Waals surface area contributed by atoms with Crippen LogP contribution in [-0.4, -0.2) is 39.2 Å². The molecule has 0 aliphatic carbocycles. The Morgan fingerprint density at radius 2 is 1.59 bits per heavy atom. The van der Waals surface area contributed by atoms with Crippen LogP contribution in [0.2, 0.25) is 5.02 Å². The molecule has 3 aromatic rings. The third-order valence-corrected chi connectivity index (χ3v) is 6.45. The molecular weight excluding hydrogens is 450 g/mol. The predicted molar refractivity (Wildman–Crippen MR) is 135 cm³/mol. The van der Waals surface area contributed by atoms with Crippen LogP contribution in [0.5, 0.6) is 0 Å². The van der Waals surface area contributed by atoms with Gasteiger partial charge in [-0.2, -0.15) is 0 Å². The van der Waals surface area contributed by atoms with Crippen LogP contribution in [0.1, 0.15) is 55.9 Å². The van der Waals surface area contributed by atoms with Crippen molar-refractivity contribution >= 4 is 23.4 Å². The monoisotopic (exact) mass is 479 g/mol. The lowest BCUT2D eigenvalue weighted by Gasteiger charge is -2.33. The van der Waals surface area contributed by atoms with Gasteiger partial charge in [-0.05, 0) is 38.3 Å². The molecule has 2 aromatic carbocycles. The van der Waals surface area contributed by atoms with Crippen LogP contribution in [0.15, 0.2) is 48.5 Å². The average molecular weight is 480 g/mol. The second-order valence-corrected chi connectivity index (χ2v) is 9.29. The molecule has 34 heavy (non-hydrogen) atoms. The lowest BCUT2D eigenvalue weighted by atomic mass is 10.0. The average Bonchev–Trinajstić information content (AvgIpc) is 2.83. The van der Waals surface area contributed by atoms with Gasteiger partial charge in [0.1, 0.15) is 11.8 Å². The van der Waals surface area contributed by atoms with E-state index in [0.29, 0.717) is 30.1 Å². The Balaban J connectivity index is 1.66. The minimum atomic E-state index is -0.742. The highest BCUT2D eigenvalue weighted by Crippen LogP contribution is 2.38. The zero-order valence-corrected chi connectivity index (χ0v) is 20.1. The number of hydrogen-bond donors (Lipinski definition) is 2. The number of aliphatic hydroxyl groups is 1. The molecule has 1 aliphatic heterocycles. The summed E-state index contributed by atoms with van der Waals surface area (Å²) in [4.78, 5) is 22.9. The van der Waals surface area contributed by atoms with Gasteiger partial charge in [-0.25, -0.2) is 9.97 Å². The number of anilines is 1. The van der Waals surface area contributed by atoms with Gasteiger partial charge < -0.3 is 15.1 Å². The molecule has 0 radical (unpaired) electrons. The fourth-order valence-electron chi connectivity index (χ4n) is 4.29. The van der Waals surface area contributed by atoms with Gasteiger partial charge in [0.15, 0.2) is 5.82 Å². The number of benzene rings is 2. The summed E-state index contributed by atoms with van der Waals surface area (Å²) < 4.78 is 0. The van der Waals surface area contributed by atoms with Crippen LogP contribution >= 0.6 is 11.6 Å². The molecule has 2 heterocycles. The molecule has 6 nitrogen and oxygen atoms in total. The van der Waals surface area contributed by atoms with E-state index in [1.807, 2.05) is 43.3 Å². The second-order valence-electron chi connectivity index (χ2n) is 8.85. The number of aryl methyl sites for hydroxylation is 1. The molecule has 0 bridgehead atoms. The fraction of sp³-hybridized carbons (Fsp3) is 0.370. The van der Waals surface area contributed by atoms with E-state index in [1.165, 1.54) is 0 Å². The summed E-state index contributed by atoms with van der Waals surface area (Å²) in [6.45, 7) is 3.55. The minimum Gasteiger partial charge on any atom is -0.481 e. The third kappa shape index (κ3) is 5.75.